The summed E-state index contributed by atoms with van der Waals surface area (Å²) in [6.45, 7) is 8.86. The van der Waals surface area contributed by atoms with Crippen molar-refractivity contribution in [1.82, 2.24) is 4.90 Å². The average molecular weight is 317 g/mol. The predicted octanol–water partition coefficient (Wildman–Crippen LogP) is 2.43. The van der Waals surface area contributed by atoms with Crippen LogP contribution in [0.5, 0.6) is 0 Å². The molecule has 0 aromatic heterocycles. The van der Waals surface area contributed by atoms with E-state index < -0.39 is 23.7 Å². The van der Waals surface area contributed by atoms with Crippen LogP contribution in [0.4, 0.5) is 4.79 Å². The maximum Gasteiger partial charge on any atom is 0.411 e. The number of ether oxygens (including phenoxy) is 2. The zero-order valence-corrected chi connectivity index (χ0v) is 14.0. The lowest BCUT2D eigenvalue weighted by Crippen LogP contribution is -2.46. The third kappa shape index (κ3) is 8.49. The fraction of sp³-hybridized carbons (Fsp3) is 0.800. The number of carbonyl (C=O) groups excluding carboxylic acids is 2. The van der Waals surface area contributed by atoms with Gasteiger partial charge in [0.05, 0.1) is 6.61 Å². The molecule has 0 saturated carbocycles. The standard InChI is InChI=1S/C15H27NO6/c1-6-21-12(17)9-7-8-10-16(11(2)13(18)19)14(20)22-15(3,4)5/h11H,6-10H2,1-5H3,(H,18,19)/t11-/m0/s1. The van der Waals surface area contributed by atoms with E-state index in [0.717, 1.165) is 0 Å². The van der Waals surface area contributed by atoms with Gasteiger partial charge in [0, 0.05) is 13.0 Å². The first kappa shape index (κ1) is 20.2. The quantitative estimate of drug-likeness (QED) is 0.546. The lowest BCUT2D eigenvalue weighted by Gasteiger charge is -2.29. The van der Waals surface area contributed by atoms with Gasteiger partial charge in [0.15, 0.2) is 0 Å². The molecular formula is C15H27NO6. The molecule has 22 heavy (non-hydrogen) atoms. The summed E-state index contributed by atoms with van der Waals surface area (Å²) in [5.41, 5.74) is -0.696. The minimum atomic E-state index is -1.10. The Morgan fingerprint density at radius 1 is 1.18 bits per heavy atom. The summed E-state index contributed by atoms with van der Waals surface area (Å²) in [7, 11) is 0. The fourth-order valence-corrected chi connectivity index (χ4v) is 1.68. The normalized spacial score (nSPS) is 12.4. The summed E-state index contributed by atoms with van der Waals surface area (Å²) in [5, 5.41) is 9.09. The first-order chi connectivity index (χ1) is 10.1. The van der Waals surface area contributed by atoms with Crippen molar-refractivity contribution >= 4 is 18.0 Å². The highest BCUT2D eigenvalue weighted by Crippen LogP contribution is 2.13. The van der Waals surface area contributed by atoms with Crippen LogP contribution in [0.25, 0.3) is 0 Å². The van der Waals surface area contributed by atoms with Crippen LogP contribution in [0.3, 0.4) is 0 Å². The molecular weight excluding hydrogens is 290 g/mol. The second kappa shape index (κ2) is 9.27. The maximum absolute atomic E-state index is 12.1. The minimum absolute atomic E-state index is 0.210. The Balaban J connectivity index is 4.52. The Labute approximate surface area is 131 Å². The van der Waals surface area contributed by atoms with Gasteiger partial charge in [-0.3, -0.25) is 9.69 Å². The maximum atomic E-state index is 12.1. The van der Waals surface area contributed by atoms with Crippen molar-refractivity contribution in [2.45, 2.75) is 65.5 Å². The van der Waals surface area contributed by atoms with Gasteiger partial charge in [0.2, 0.25) is 0 Å². The Morgan fingerprint density at radius 3 is 2.23 bits per heavy atom. The fourth-order valence-electron chi connectivity index (χ4n) is 1.68. The third-order valence-electron chi connectivity index (χ3n) is 2.79. The first-order valence-corrected chi connectivity index (χ1v) is 7.46. The molecule has 0 bridgehead atoms. The van der Waals surface area contributed by atoms with E-state index in [-0.39, 0.29) is 18.9 Å². The molecule has 1 N–H and O–H groups in total. The van der Waals surface area contributed by atoms with Crippen molar-refractivity contribution in [3.63, 3.8) is 0 Å². The van der Waals surface area contributed by atoms with Crippen molar-refractivity contribution in [3.05, 3.63) is 0 Å². The van der Waals surface area contributed by atoms with Crippen molar-refractivity contribution in [3.8, 4) is 0 Å². The van der Waals surface area contributed by atoms with E-state index in [0.29, 0.717) is 19.4 Å². The molecule has 0 aliphatic rings. The Morgan fingerprint density at radius 2 is 1.77 bits per heavy atom. The molecule has 0 radical (unpaired) electrons. The summed E-state index contributed by atoms with van der Waals surface area (Å²) in [4.78, 5) is 35.6. The highest BCUT2D eigenvalue weighted by atomic mass is 16.6. The molecule has 0 saturated heterocycles. The van der Waals surface area contributed by atoms with Crippen molar-refractivity contribution < 1.29 is 29.0 Å². The van der Waals surface area contributed by atoms with Crippen LogP contribution in [0, 0.1) is 0 Å². The Bertz CT molecular complexity index is 388. The highest BCUT2D eigenvalue weighted by molar-refractivity contribution is 5.79. The molecule has 0 rings (SSSR count). The third-order valence-corrected chi connectivity index (χ3v) is 2.79. The summed E-state index contributed by atoms with van der Waals surface area (Å²) >= 11 is 0. The summed E-state index contributed by atoms with van der Waals surface area (Å²) in [6.07, 6.45) is 0.593. The topological polar surface area (TPSA) is 93.1 Å². The van der Waals surface area contributed by atoms with E-state index in [2.05, 4.69) is 0 Å². The number of carbonyl (C=O) groups is 3. The molecule has 1 atom stereocenters. The molecule has 0 aliphatic heterocycles. The second-order valence-electron chi connectivity index (χ2n) is 5.95. The number of aliphatic carboxylic acids is 1. The molecule has 0 aromatic rings. The van der Waals surface area contributed by atoms with Crippen LogP contribution >= 0.6 is 0 Å². The van der Waals surface area contributed by atoms with Gasteiger partial charge < -0.3 is 14.6 Å². The average Bonchev–Trinajstić information content (AvgIpc) is 2.35. The first-order valence-electron chi connectivity index (χ1n) is 7.46. The molecule has 7 heteroatoms. The number of esters is 1. The SMILES string of the molecule is CCOC(=O)CCCCN(C(=O)OC(C)(C)C)[C@@H](C)C(=O)O. The molecule has 0 heterocycles. The molecule has 0 aromatic carbocycles. The number of carboxylic acid groups (broad SMARTS) is 1. The van der Waals surface area contributed by atoms with Crippen LogP contribution in [-0.2, 0) is 19.1 Å². The summed E-state index contributed by atoms with van der Waals surface area (Å²) < 4.78 is 10.0. The van der Waals surface area contributed by atoms with Crippen LogP contribution in [0.2, 0.25) is 0 Å². The molecule has 1 amide bonds. The molecule has 7 nitrogen and oxygen atoms in total. The van der Waals surface area contributed by atoms with Gasteiger partial charge in [-0.2, -0.15) is 0 Å². The number of hydrogen-bond acceptors (Lipinski definition) is 5. The summed E-state index contributed by atoms with van der Waals surface area (Å²) in [5.74, 6) is -1.39. The Kier molecular flexibility index (Phi) is 8.52. The van der Waals surface area contributed by atoms with Crippen LogP contribution < -0.4 is 0 Å². The largest absolute Gasteiger partial charge is 0.480 e. The zero-order chi connectivity index (χ0) is 17.3. The number of hydrogen-bond donors (Lipinski definition) is 1. The van der Waals surface area contributed by atoms with Crippen LogP contribution in [0.15, 0.2) is 0 Å². The molecule has 0 unspecified atom stereocenters. The van der Waals surface area contributed by atoms with Crippen LogP contribution in [0.1, 0.15) is 53.9 Å². The molecule has 0 aliphatic carbocycles. The number of nitrogens with zero attached hydrogens (tertiary/aromatic N) is 1. The van der Waals surface area contributed by atoms with Gasteiger partial charge in [-0.1, -0.05) is 0 Å². The zero-order valence-electron chi connectivity index (χ0n) is 14.0. The summed E-state index contributed by atoms with van der Waals surface area (Å²) in [6, 6.07) is -0.988. The molecule has 0 fully saturated rings. The van der Waals surface area contributed by atoms with Gasteiger partial charge in [-0.05, 0) is 47.5 Å². The van der Waals surface area contributed by atoms with Crippen LogP contribution in [-0.4, -0.2) is 52.8 Å². The Hall–Kier alpha value is -1.79. The number of rotatable bonds is 8. The van der Waals surface area contributed by atoms with E-state index in [1.54, 1.807) is 27.7 Å². The predicted molar refractivity (Wildman–Crippen MR) is 80.5 cm³/mol. The van der Waals surface area contributed by atoms with Crippen molar-refractivity contribution in [2.24, 2.45) is 0 Å². The van der Waals surface area contributed by atoms with E-state index in [1.807, 2.05) is 0 Å². The molecule has 0 spiro atoms. The number of amides is 1. The van der Waals surface area contributed by atoms with Gasteiger partial charge in [-0.25, -0.2) is 9.59 Å². The monoisotopic (exact) mass is 317 g/mol. The van der Waals surface area contributed by atoms with E-state index in [1.165, 1.54) is 11.8 Å². The van der Waals surface area contributed by atoms with E-state index in [9.17, 15) is 14.4 Å². The molecule has 128 valence electrons. The highest BCUT2D eigenvalue weighted by Gasteiger charge is 2.29. The second-order valence-corrected chi connectivity index (χ2v) is 5.95. The van der Waals surface area contributed by atoms with Gasteiger partial charge in [0.25, 0.3) is 0 Å². The lowest BCUT2D eigenvalue weighted by molar-refractivity contribution is -0.144. The minimum Gasteiger partial charge on any atom is -0.480 e. The number of unbranched alkanes of at least 4 members (excludes halogenated alkanes) is 1. The number of carboxylic acids is 1. The lowest BCUT2D eigenvalue weighted by atomic mass is 10.2. The van der Waals surface area contributed by atoms with E-state index >= 15 is 0 Å². The smallest absolute Gasteiger partial charge is 0.411 e. The van der Waals surface area contributed by atoms with E-state index in [4.69, 9.17) is 14.6 Å². The van der Waals surface area contributed by atoms with Gasteiger partial charge in [0.1, 0.15) is 11.6 Å². The van der Waals surface area contributed by atoms with Gasteiger partial charge in [-0.15, -0.1) is 0 Å². The van der Waals surface area contributed by atoms with Gasteiger partial charge >= 0.3 is 18.0 Å². The van der Waals surface area contributed by atoms with Crippen molar-refractivity contribution in [2.75, 3.05) is 13.2 Å². The van der Waals surface area contributed by atoms with Crippen molar-refractivity contribution in [1.29, 1.82) is 0 Å².